The van der Waals surface area contributed by atoms with Gasteiger partial charge in [-0.2, -0.15) is 13.2 Å². The average molecular weight is 337 g/mol. The second-order valence-corrected chi connectivity index (χ2v) is 7.74. The van der Waals surface area contributed by atoms with Crippen molar-refractivity contribution in [2.24, 2.45) is 0 Å². The predicted molar refractivity (Wildman–Crippen MR) is 79.0 cm³/mol. The Hall–Kier alpha value is -0.760. The van der Waals surface area contributed by atoms with Crippen LogP contribution >= 0.6 is 29.1 Å². The molecule has 2 aromatic carbocycles. The highest BCUT2D eigenvalue weighted by Crippen LogP contribution is 2.48. The summed E-state index contributed by atoms with van der Waals surface area (Å²) in [6.45, 7) is -1.85. The number of alkyl halides is 3. The Kier molecular flexibility index (Phi) is 4.95. The predicted octanol–water partition coefficient (Wildman–Crippen LogP) is 5.71. The lowest BCUT2D eigenvalue weighted by atomic mass is 10.0. The van der Waals surface area contributed by atoms with Crippen molar-refractivity contribution in [1.29, 1.82) is 0 Å². The Morgan fingerprint density at radius 1 is 0.900 bits per heavy atom. The first-order valence-corrected chi connectivity index (χ1v) is 8.89. The van der Waals surface area contributed by atoms with Gasteiger partial charge in [-0.1, -0.05) is 58.9 Å². The zero-order chi connectivity index (χ0) is 14.8. The van der Waals surface area contributed by atoms with Crippen molar-refractivity contribution in [2.45, 2.75) is 12.6 Å². The summed E-state index contributed by atoms with van der Waals surface area (Å²) in [5, 5.41) is -0.0377. The lowest BCUT2D eigenvalue weighted by Gasteiger charge is -2.14. The summed E-state index contributed by atoms with van der Waals surface area (Å²) in [5.74, 6) is 0. The molecule has 0 aliphatic heterocycles. The van der Waals surface area contributed by atoms with Gasteiger partial charge < -0.3 is 0 Å². The summed E-state index contributed by atoms with van der Waals surface area (Å²) in [5.41, 5.74) is 1.02. The van der Waals surface area contributed by atoms with E-state index in [0.29, 0.717) is 6.42 Å². The summed E-state index contributed by atoms with van der Waals surface area (Å²) < 4.78 is 38.6. The maximum atomic E-state index is 12.9. The summed E-state index contributed by atoms with van der Waals surface area (Å²) in [6.07, 6.45) is -3.89. The molecule has 0 bridgehead atoms. The van der Waals surface area contributed by atoms with E-state index in [9.17, 15) is 13.2 Å². The molecule has 6 heteroatoms. The first-order valence-electron chi connectivity index (χ1n) is 5.73. The van der Waals surface area contributed by atoms with Crippen LogP contribution < -0.4 is 5.30 Å². The van der Waals surface area contributed by atoms with Gasteiger partial charge in [0.1, 0.15) is 6.63 Å². The molecule has 0 radical (unpaired) electrons. The molecular weight excluding hydrogens is 327 g/mol. The van der Waals surface area contributed by atoms with Crippen molar-refractivity contribution in [3.05, 3.63) is 65.2 Å². The second kappa shape index (κ2) is 6.34. The fraction of sp³-hybridized carbons (Fsp3) is 0.143. The Bertz CT molecular complexity index is 583. The van der Waals surface area contributed by atoms with Gasteiger partial charge in [0.2, 0.25) is 0 Å². The van der Waals surface area contributed by atoms with Crippen LogP contribution in [0.4, 0.5) is 13.2 Å². The van der Waals surface area contributed by atoms with E-state index in [2.05, 4.69) is 0 Å². The fourth-order valence-electron chi connectivity index (χ4n) is 1.90. The minimum atomic E-state index is -4.44. The van der Waals surface area contributed by atoms with Crippen molar-refractivity contribution in [2.75, 3.05) is 0 Å². The number of rotatable bonds is 3. The summed E-state index contributed by atoms with van der Waals surface area (Å²) in [6, 6.07) is 13.5. The lowest BCUT2D eigenvalue weighted by Crippen LogP contribution is -2.17. The van der Waals surface area contributed by atoms with E-state index in [1.807, 2.05) is 30.3 Å². The van der Waals surface area contributed by atoms with Gasteiger partial charge in [0.05, 0.1) is 5.56 Å². The van der Waals surface area contributed by atoms with Gasteiger partial charge in [-0.3, -0.25) is 0 Å². The Labute approximate surface area is 125 Å². The molecule has 0 spiro atoms. The quantitative estimate of drug-likeness (QED) is 0.629. The molecule has 0 heterocycles. The third-order valence-corrected chi connectivity index (χ3v) is 4.63. The zero-order valence-electron chi connectivity index (χ0n) is 10.2. The van der Waals surface area contributed by atoms with Crippen LogP contribution in [0.3, 0.4) is 0 Å². The van der Waals surface area contributed by atoms with Crippen molar-refractivity contribution in [1.82, 2.24) is 0 Å². The van der Waals surface area contributed by atoms with Gasteiger partial charge in [-0.15, -0.1) is 0 Å². The van der Waals surface area contributed by atoms with E-state index < -0.39 is 18.4 Å². The van der Waals surface area contributed by atoms with E-state index in [4.69, 9.17) is 22.5 Å². The van der Waals surface area contributed by atoms with Crippen molar-refractivity contribution >= 4 is 34.4 Å². The molecule has 2 aromatic rings. The van der Waals surface area contributed by atoms with Crippen LogP contribution in [0.25, 0.3) is 0 Å². The smallest absolute Gasteiger partial charge is 0.166 e. The third kappa shape index (κ3) is 3.88. The summed E-state index contributed by atoms with van der Waals surface area (Å²) in [4.78, 5) is 0. The number of hydrogen-bond donors (Lipinski definition) is 0. The molecule has 20 heavy (non-hydrogen) atoms. The van der Waals surface area contributed by atoms with Crippen molar-refractivity contribution < 1.29 is 13.2 Å². The van der Waals surface area contributed by atoms with Crippen molar-refractivity contribution in [3.8, 4) is 0 Å². The number of hydrogen-bond acceptors (Lipinski definition) is 0. The van der Waals surface area contributed by atoms with Crippen LogP contribution in [0.15, 0.2) is 48.5 Å². The molecule has 2 rings (SSSR count). The van der Waals surface area contributed by atoms with E-state index in [0.717, 1.165) is 17.2 Å². The maximum absolute atomic E-state index is 12.9. The first-order chi connectivity index (χ1) is 9.38. The molecular formula is C14H10Cl2F3P. The molecule has 0 amide bonds. The first kappa shape index (κ1) is 15.6. The standard InChI is InChI=1S/C14H10Cl2F3P/c15-20(16)13-9-11(6-7-12(13)14(17,18)19)8-10-4-2-1-3-5-10/h1-7,9H,8H2. The van der Waals surface area contributed by atoms with E-state index in [1.165, 1.54) is 12.1 Å². The highest BCUT2D eigenvalue weighted by molar-refractivity contribution is 8.08. The van der Waals surface area contributed by atoms with Crippen molar-refractivity contribution in [3.63, 3.8) is 0 Å². The molecule has 0 saturated heterocycles. The number of halogens is 5. The summed E-state index contributed by atoms with van der Waals surface area (Å²) in [7, 11) is 0. The fourth-order valence-corrected chi connectivity index (χ4v) is 3.38. The monoisotopic (exact) mass is 336 g/mol. The minimum absolute atomic E-state index is 0.0377. The van der Waals surface area contributed by atoms with Crippen LogP contribution in [0.5, 0.6) is 0 Å². The maximum Gasteiger partial charge on any atom is 0.417 e. The zero-order valence-corrected chi connectivity index (χ0v) is 12.6. The third-order valence-electron chi connectivity index (χ3n) is 2.80. The van der Waals surface area contributed by atoms with Gasteiger partial charge >= 0.3 is 6.18 Å². The lowest BCUT2D eigenvalue weighted by molar-refractivity contribution is -0.136. The Morgan fingerprint density at radius 2 is 1.55 bits per heavy atom. The summed E-state index contributed by atoms with van der Waals surface area (Å²) >= 11 is 11.4. The van der Waals surface area contributed by atoms with Gasteiger partial charge in [-0.05, 0) is 29.7 Å². The molecule has 0 aliphatic rings. The molecule has 0 nitrogen and oxygen atoms in total. The van der Waals surface area contributed by atoms with Crippen LogP contribution in [0, 0.1) is 0 Å². The van der Waals surface area contributed by atoms with Gasteiger partial charge in [0.15, 0.2) is 0 Å². The van der Waals surface area contributed by atoms with Crippen LogP contribution in [-0.2, 0) is 12.6 Å². The van der Waals surface area contributed by atoms with Gasteiger partial charge in [-0.25, -0.2) is 0 Å². The average Bonchev–Trinajstić information content (AvgIpc) is 2.38. The molecule has 0 saturated carbocycles. The molecule has 0 aliphatic carbocycles. The molecule has 0 fully saturated rings. The molecule has 106 valence electrons. The molecule has 0 unspecified atom stereocenters. The minimum Gasteiger partial charge on any atom is -0.166 e. The van der Waals surface area contributed by atoms with Gasteiger partial charge in [0.25, 0.3) is 0 Å². The topological polar surface area (TPSA) is 0 Å². The van der Waals surface area contributed by atoms with Crippen LogP contribution in [0.1, 0.15) is 16.7 Å². The van der Waals surface area contributed by atoms with Crippen LogP contribution in [0.2, 0.25) is 0 Å². The normalized spacial score (nSPS) is 11.9. The highest BCUT2D eigenvalue weighted by Gasteiger charge is 2.34. The largest absolute Gasteiger partial charge is 0.417 e. The highest BCUT2D eigenvalue weighted by atomic mass is 35.9. The van der Waals surface area contributed by atoms with E-state index in [1.54, 1.807) is 0 Å². The van der Waals surface area contributed by atoms with E-state index in [-0.39, 0.29) is 5.30 Å². The van der Waals surface area contributed by atoms with Gasteiger partial charge in [0, 0.05) is 5.30 Å². The van der Waals surface area contributed by atoms with E-state index >= 15 is 0 Å². The molecule has 0 aromatic heterocycles. The number of benzene rings is 2. The van der Waals surface area contributed by atoms with Crippen LogP contribution in [-0.4, -0.2) is 0 Å². The molecule has 0 N–H and O–H groups in total. The Morgan fingerprint density at radius 3 is 2.10 bits per heavy atom. The Balaban J connectivity index is 2.36. The SMILES string of the molecule is FC(F)(F)c1ccc(Cc2ccccc2)cc1P(Cl)Cl. The second-order valence-electron chi connectivity index (χ2n) is 4.24. The molecule has 0 atom stereocenters.